The summed E-state index contributed by atoms with van der Waals surface area (Å²) in [4.78, 5) is 16.4. The Bertz CT molecular complexity index is 810. The van der Waals surface area contributed by atoms with Crippen molar-refractivity contribution in [3.05, 3.63) is 70.6 Å². The maximum atomic E-state index is 12.1. The lowest BCUT2D eigenvalue weighted by atomic mass is 10.2. The van der Waals surface area contributed by atoms with Crippen LogP contribution in [0, 0.1) is 0 Å². The van der Waals surface area contributed by atoms with Crippen molar-refractivity contribution in [3.63, 3.8) is 0 Å². The lowest BCUT2D eigenvalue weighted by Gasteiger charge is -2.10. The summed E-state index contributed by atoms with van der Waals surface area (Å²) in [5, 5.41) is 1.03. The Morgan fingerprint density at radius 2 is 1.90 bits per heavy atom. The molecule has 0 atom stereocenters. The standard InChI is InChI=1S/C15H14N4O/c16-18-14-7-3-5-12(17-14)10-19-13-6-2-1-4-11(13)8-9-15(19)20/h1-9H,10,16H2,(H,17,18). The first-order chi connectivity index (χ1) is 9.78. The van der Waals surface area contributed by atoms with Gasteiger partial charge >= 0.3 is 0 Å². The van der Waals surface area contributed by atoms with E-state index in [0.29, 0.717) is 12.4 Å². The Balaban J connectivity index is 2.10. The predicted molar refractivity (Wildman–Crippen MR) is 79.4 cm³/mol. The second-order valence-electron chi connectivity index (χ2n) is 4.48. The van der Waals surface area contributed by atoms with E-state index >= 15 is 0 Å². The number of nitrogens with one attached hydrogen (secondary N) is 1. The molecule has 20 heavy (non-hydrogen) atoms. The van der Waals surface area contributed by atoms with Gasteiger partial charge in [-0.2, -0.15) is 0 Å². The number of benzene rings is 1. The highest BCUT2D eigenvalue weighted by molar-refractivity contribution is 5.78. The molecule has 0 fully saturated rings. The number of hydrazine groups is 1. The van der Waals surface area contributed by atoms with Crippen LogP contribution in [-0.4, -0.2) is 9.55 Å². The Hall–Kier alpha value is -2.66. The van der Waals surface area contributed by atoms with Gasteiger partial charge in [0, 0.05) is 6.07 Å². The van der Waals surface area contributed by atoms with Gasteiger partial charge in [-0.3, -0.25) is 4.79 Å². The average Bonchev–Trinajstić information content (AvgIpc) is 2.50. The first-order valence-corrected chi connectivity index (χ1v) is 6.29. The highest BCUT2D eigenvalue weighted by atomic mass is 16.1. The number of rotatable bonds is 3. The zero-order valence-corrected chi connectivity index (χ0v) is 10.8. The molecule has 2 heterocycles. The van der Waals surface area contributed by atoms with Crippen LogP contribution in [0.1, 0.15) is 5.69 Å². The maximum Gasteiger partial charge on any atom is 0.251 e. The van der Waals surface area contributed by atoms with Gasteiger partial charge in [0.05, 0.1) is 17.8 Å². The molecule has 0 bridgehead atoms. The molecule has 0 spiro atoms. The summed E-state index contributed by atoms with van der Waals surface area (Å²) >= 11 is 0. The molecule has 3 N–H and O–H groups in total. The highest BCUT2D eigenvalue weighted by Crippen LogP contribution is 2.13. The summed E-state index contributed by atoms with van der Waals surface area (Å²) in [6.07, 6.45) is 0. The number of fused-ring (bicyclic) bond motifs is 1. The lowest BCUT2D eigenvalue weighted by Crippen LogP contribution is -2.20. The van der Waals surface area contributed by atoms with Crippen LogP contribution in [-0.2, 0) is 6.54 Å². The predicted octanol–water partition coefficient (Wildman–Crippen LogP) is 1.73. The molecule has 5 nitrogen and oxygen atoms in total. The molecule has 0 saturated heterocycles. The lowest BCUT2D eigenvalue weighted by molar-refractivity contribution is 0.772. The molecule has 0 aliphatic rings. The van der Waals surface area contributed by atoms with E-state index in [1.807, 2.05) is 42.5 Å². The largest absolute Gasteiger partial charge is 0.308 e. The fraction of sp³-hybridized carbons (Fsp3) is 0.0667. The zero-order chi connectivity index (χ0) is 13.9. The van der Waals surface area contributed by atoms with Crippen LogP contribution in [0.3, 0.4) is 0 Å². The third-order valence-electron chi connectivity index (χ3n) is 3.17. The van der Waals surface area contributed by atoms with Gasteiger partial charge in [0.2, 0.25) is 0 Å². The van der Waals surface area contributed by atoms with Crippen molar-refractivity contribution in [3.8, 4) is 0 Å². The first-order valence-electron chi connectivity index (χ1n) is 6.29. The monoisotopic (exact) mass is 266 g/mol. The first kappa shape index (κ1) is 12.4. The van der Waals surface area contributed by atoms with Gasteiger partial charge in [0.15, 0.2) is 0 Å². The molecule has 0 saturated carbocycles. The molecule has 2 aromatic heterocycles. The fourth-order valence-electron chi connectivity index (χ4n) is 2.22. The Morgan fingerprint density at radius 1 is 1.05 bits per heavy atom. The van der Waals surface area contributed by atoms with Crippen LogP contribution in [0.5, 0.6) is 0 Å². The van der Waals surface area contributed by atoms with Crippen LogP contribution in [0.4, 0.5) is 5.82 Å². The molecular weight excluding hydrogens is 252 g/mol. The SMILES string of the molecule is NNc1cccc(Cn2c(=O)ccc3ccccc32)n1. The minimum absolute atomic E-state index is 0.0448. The number of nitrogens with two attached hydrogens (primary N) is 1. The third-order valence-corrected chi connectivity index (χ3v) is 3.17. The van der Waals surface area contributed by atoms with E-state index in [9.17, 15) is 4.79 Å². The summed E-state index contributed by atoms with van der Waals surface area (Å²) in [7, 11) is 0. The summed E-state index contributed by atoms with van der Waals surface area (Å²) in [5.74, 6) is 5.93. The van der Waals surface area contributed by atoms with E-state index in [1.165, 1.54) is 0 Å². The van der Waals surface area contributed by atoms with Crippen molar-refractivity contribution in [2.75, 3.05) is 5.43 Å². The molecule has 100 valence electrons. The van der Waals surface area contributed by atoms with Gasteiger partial charge in [-0.05, 0) is 29.7 Å². The van der Waals surface area contributed by atoms with Gasteiger partial charge in [0.1, 0.15) is 5.82 Å². The normalized spacial score (nSPS) is 10.7. The van der Waals surface area contributed by atoms with E-state index in [1.54, 1.807) is 16.7 Å². The van der Waals surface area contributed by atoms with Crippen molar-refractivity contribution in [1.29, 1.82) is 0 Å². The van der Waals surface area contributed by atoms with Crippen LogP contribution >= 0.6 is 0 Å². The number of aromatic nitrogens is 2. The van der Waals surface area contributed by atoms with Crippen molar-refractivity contribution >= 4 is 16.7 Å². The van der Waals surface area contributed by atoms with Crippen LogP contribution in [0.25, 0.3) is 10.9 Å². The molecule has 0 unspecified atom stereocenters. The zero-order valence-electron chi connectivity index (χ0n) is 10.8. The van der Waals surface area contributed by atoms with Gasteiger partial charge in [0.25, 0.3) is 5.56 Å². The Labute approximate surface area is 115 Å². The van der Waals surface area contributed by atoms with Gasteiger partial charge < -0.3 is 9.99 Å². The number of nitrogens with zero attached hydrogens (tertiary/aromatic N) is 2. The minimum atomic E-state index is -0.0448. The highest BCUT2D eigenvalue weighted by Gasteiger charge is 2.04. The summed E-state index contributed by atoms with van der Waals surface area (Å²) < 4.78 is 1.71. The number of hydrogen-bond donors (Lipinski definition) is 2. The van der Waals surface area contributed by atoms with Gasteiger partial charge in [-0.25, -0.2) is 10.8 Å². The topological polar surface area (TPSA) is 72.9 Å². The molecule has 0 amide bonds. The third kappa shape index (κ3) is 2.26. The van der Waals surface area contributed by atoms with Crippen molar-refractivity contribution in [1.82, 2.24) is 9.55 Å². The number of nitrogen functional groups attached to an aromatic ring is 1. The maximum absolute atomic E-state index is 12.1. The molecule has 3 rings (SSSR count). The smallest absolute Gasteiger partial charge is 0.251 e. The second-order valence-corrected chi connectivity index (χ2v) is 4.48. The summed E-state index contributed by atoms with van der Waals surface area (Å²) in [6.45, 7) is 0.412. The molecule has 0 aliphatic heterocycles. The van der Waals surface area contributed by atoms with Crippen LogP contribution < -0.4 is 16.8 Å². The molecule has 5 heteroatoms. The number of para-hydroxylation sites is 1. The van der Waals surface area contributed by atoms with Crippen molar-refractivity contribution < 1.29 is 0 Å². The molecule has 0 aliphatic carbocycles. The summed E-state index contributed by atoms with van der Waals surface area (Å²) in [5.41, 5.74) is 4.13. The average molecular weight is 266 g/mol. The number of hydrogen-bond acceptors (Lipinski definition) is 4. The quantitative estimate of drug-likeness (QED) is 0.559. The number of anilines is 1. The van der Waals surface area contributed by atoms with Crippen molar-refractivity contribution in [2.45, 2.75) is 6.54 Å². The Kier molecular flexibility index (Phi) is 3.18. The molecule has 3 aromatic rings. The summed E-state index contributed by atoms with van der Waals surface area (Å²) in [6, 6.07) is 16.7. The molecule has 1 aromatic carbocycles. The molecule has 0 radical (unpaired) electrons. The van der Waals surface area contributed by atoms with Crippen LogP contribution in [0.2, 0.25) is 0 Å². The Morgan fingerprint density at radius 3 is 2.75 bits per heavy atom. The van der Waals surface area contributed by atoms with Gasteiger partial charge in [-0.15, -0.1) is 0 Å². The number of pyridine rings is 2. The van der Waals surface area contributed by atoms with Crippen molar-refractivity contribution in [2.24, 2.45) is 5.84 Å². The van der Waals surface area contributed by atoms with E-state index in [0.717, 1.165) is 16.6 Å². The van der Waals surface area contributed by atoms with E-state index < -0.39 is 0 Å². The van der Waals surface area contributed by atoms with E-state index in [-0.39, 0.29) is 5.56 Å². The molecular formula is C15H14N4O. The fourth-order valence-corrected chi connectivity index (χ4v) is 2.22. The second kappa shape index (κ2) is 5.14. The van der Waals surface area contributed by atoms with Crippen LogP contribution in [0.15, 0.2) is 59.4 Å². The van der Waals surface area contributed by atoms with Gasteiger partial charge in [-0.1, -0.05) is 24.3 Å². The minimum Gasteiger partial charge on any atom is -0.308 e. The van der Waals surface area contributed by atoms with E-state index in [4.69, 9.17) is 5.84 Å². The van der Waals surface area contributed by atoms with E-state index in [2.05, 4.69) is 10.4 Å².